The molecule has 1 saturated carbocycles. The van der Waals surface area contributed by atoms with Gasteiger partial charge in [-0.15, -0.1) is 0 Å². The highest BCUT2D eigenvalue weighted by atomic mass is 19.1. The van der Waals surface area contributed by atoms with Crippen LogP contribution in [0.2, 0.25) is 0 Å². The number of nitrogens with zero attached hydrogens (tertiary/aromatic N) is 8. The molecule has 6 rings (SSSR count). The molecule has 2 fully saturated rings. The van der Waals surface area contributed by atoms with E-state index in [4.69, 9.17) is 0 Å². The molecule has 1 aromatic carbocycles. The molecule has 3 aromatic rings. The van der Waals surface area contributed by atoms with Crippen molar-refractivity contribution >= 4 is 17.3 Å². The number of anilines is 2. The van der Waals surface area contributed by atoms with Gasteiger partial charge >= 0.3 is 0 Å². The molecule has 0 radical (unpaired) electrons. The molecule has 2 aliphatic heterocycles. The predicted octanol–water partition coefficient (Wildman–Crippen LogP) is 3.00. The Morgan fingerprint density at radius 2 is 1.84 bits per heavy atom. The summed E-state index contributed by atoms with van der Waals surface area (Å²) in [5.74, 6) is 2.77. The van der Waals surface area contributed by atoms with Gasteiger partial charge in [-0.05, 0) is 57.7 Å². The van der Waals surface area contributed by atoms with Crippen LogP contribution < -0.4 is 9.80 Å². The van der Waals surface area contributed by atoms with Crippen LogP contribution in [0.25, 0.3) is 0 Å². The molecule has 2 aromatic heterocycles. The van der Waals surface area contributed by atoms with Crippen molar-refractivity contribution in [2.24, 2.45) is 0 Å². The SMILES string of the molecule is Cc1nc(C)n(CC(=O)N2CCN(c3ccc(F)c4c3CN(c3cnc(C5CC5)nc3)CC4)CC2C)n1. The minimum absolute atomic E-state index is 0.0231. The Kier molecular flexibility index (Phi) is 6.04. The number of piperazine rings is 1. The smallest absolute Gasteiger partial charge is 0.244 e. The Morgan fingerprint density at radius 3 is 2.51 bits per heavy atom. The van der Waals surface area contributed by atoms with Crippen LogP contribution in [0.15, 0.2) is 24.5 Å². The first kappa shape index (κ1) is 23.8. The average Bonchev–Trinajstić information content (AvgIpc) is 3.69. The van der Waals surface area contributed by atoms with Crippen molar-refractivity contribution in [2.75, 3.05) is 36.0 Å². The third-order valence-corrected chi connectivity index (χ3v) is 7.83. The minimum Gasteiger partial charge on any atom is -0.367 e. The fourth-order valence-corrected chi connectivity index (χ4v) is 5.66. The zero-order valence-electron chi connectivity index (χ0n) is 21.7. The topological polar surface area (TPSA) is 83.3 Å². The van der Waals surface area contributed by atoms with Crippen LogP contribution in [0.1, 0.15) is 54.3 Å². The Morgan fingerprint density at radius 1 is 1.05 bits per heavy atom. The van der Waals surface area contributed by atoms with Crippen molar-refractivity contribution < 1.29 is 9.18 Å². The molecule has 9 nitrogen and oxygen atoms in total. The molecule has 1 amide bonds. The minimum atomic E-state index is -0.140. The van der Waals surface area contributed by atoms with Crippen molar-refractivity contribution in [3.63, 3.8) is 0 Å². The van der Waals surface area contributed by atoms with Gasteiger partial charge in [0.15, 0.2) is 0 Å². The van der Waals surface area contributed by atoms with E-state index in [9.17, 15) is 9.18 Å². The molecule has 0 bridgehead atoms. The van der Waals surface area contributed by atoms with Crippen LogP contribution in [0, 0.1) is 19.7 Å². The third kappa shape index (κ3) is 4.65. The third-order valence-electron chi connectivity index (χ3n) is 7.83. The van der Waals surface area contributed by atoms with E-state index < -0.39 is 0 Å². The van der Waals surface area contributed by atoms with Crippen LogP contribution in [0.3, 0.4) is 0 Å². The van der Waals surface area contributed by atoms with E-state index in [1.165, 1.54) is 12.8 Å². The van der Waals surface area contributed by atoms with Crippen LogP contribution >= 0.6 is 0 Å². The van der Waals surface area contributed by atoms with Gasteiger partial charge in [0.05, 0.1) is 18.1 Å². The number of benzene rings is 1. The van der Waals surface area contributed by atoms with E-state index in [2.05, 4.69) is 36.8 Å². The van der Waals surface area contributed by atoms with Gasteiger partial charge in [-0.2, -0.15) is 5.10 Å². The van der Waals surface area contributed by atoms with Gasteiger partial charge in [0.2, 0.25) is 5.91 Å². The number of hydrogen-bond acceptors (Lipinski definition) is 7. The molecule has 1 aliphatic carbocycles. The summed E-state index contributed by atoms with van der Waals surface area (Å²) in [6, 6.07) is 3.51. The first-order chi connectivity index (χ1) is 17.9. The van der Waals surface area contributed by atoms with E-state index in [1.54, 1.807) is 10.7 Å². The molecular formula is C27H33FN8O. The van der Waals surface area contributed by atoms with E-state index in [0.717, 1.165) is 40.7 Å². The van der Waals surface area contributed by atoms with Crippen LogP contribution in [0.4, 0.5) is 15.8 Å². The summed E-state index contributed by atoms with van der Waals surface area (Å²) < 4.78 is 16.5. The number of aromatic nitrogens is 5. The molecule has 1 atom stereocenters. The Labute approximate surface area is 216 Å². The monoisotopic (exact) mass is 504 g/mol. The molecule has 194 valence electrons. The number of halogens is 1. The summed E-state index contributed by atoms with van der Waals surface area (Å²) in [4.78, 5) is 33.0. The van der Waals surface area contributed by atoms with E-state index in [1.807, 2.05) is 37.2 Å². The first-order valence-corrected chi connectivity index (χ1v) is 13.2. The second kappa shape index (κ2) is 9.39. The number of hydrogen-bond donors (Lipinski definition) is 0. The predicted molar refractivity (Wildman–Crippen MR) is 138 cm³/mol. The molecule has 4 heterocycles. The summed E-state index contributed by atoms with van der Waals surface area (Å²) in [5, 5.41) is 4.34. The maximum Gasteiger partial charge on any atom is 0.244 e. The fraction of sp³-hybridized carbons (Fsp3) is 0.519. The molecular weight excluding hydrogens is 471 g/mol. The highest BCUT2D eigenvalue weighted by Crippen LogP contribution is 2.38. The van der Waals surface area contributed by atoms with Gasteiger partial charge in [0, 0.05) is 55.9 Å². The highest BCUT2D eigenvalue weighted by Gasteiger charge is 2.32. The Hall–Kier alpha value is -3.56. The molecule has 37 heavy (non-hydrogen) atoms. The number of carbonyl (C=O) groups excluding carboxylic acids is 1. The fourth-order valence-electron chi connectivity index (χ4n) is 5.66. The average molecular weight is 505 g/mol. The van der Waals surface area contributed by atoms with E-state index in [0.29, 0.717) is 44.3 Å². The normalized spacial score (nSPS) is 19.8. The quantitative estimate of drug-likeness (QED) is 0.528. The molecule has 10 heteroatoms. The highest BCUT2D eigenvalue weighted by molar-refractivity contribution is 5.77. The number of aryl methyl sites for hydroxylation is 2. The number of amides is 1. The van der Waals surface area contributed by atoms with Crippen molar-refractivity contribution in [2.45, 2.75) is 65.1 Å². The van der Waals surface area contributed by atoms with Gasteiger partial charge in [-0.25, -0.2) is 24.0 Å². The van der Waals surface area contributed by atoms with Gasteiger partial charge in [-0.3, -0.25) is 4.79 Å². The largest absolute Gasteiger partial charge is 0.367 e. The lowest BCUT2D eigenvalue weighted by molar-refractivity contribution is -0.134. The zero-order valence-corrected chi connectivity index (χ0v) is 21.7. The molecule has 1 unspecified atom stereocenters. The summed E-state index contributed by atoms with van der Waals surface area (Å²) >= 11 is 0. The summed E-state index contributed by atoms with van der Waals surface area (Å²) in [7, 11) is 0. The molecule has 0 spiro atoms. The second-order valence-electron chi connectivity index (χ2n) is 10.5. The van der Waals surface area contributed by atoms with Crippen LogP contribution in [-0.2, 0) is 24.3 Å². The van der Waals surface area contributed by atoms with Crippen molar-refractivity contribution in [1.82, 2.24) is 29.6 Å². The molecule has 0 N–H and O–H groups in total. The maximum atomic E-state index is 14.9. The summed E-state index contributed by atoms with van der Waals surface area (Å²) in [5.41, 5.74) is 3.86. The second-order valence-corrected chi connectivity index (χ2v) is 10.5. The lowest BCUT2D eigenvalue weighted by atomic mass is 9.95. The first-order valence-electron chi connectivity index (χ1n) is 13.2. The van der Waals surface area contributed by atoms with Crippen molar-refractivity contribution in [1.29, 1.82) is 0 Å². The van der Waals surface area contributed by atoms with Crippen LogP contribution in [-0.4, -0.2) is 67.8 Å². The van der Waals surface area contributed by atoms with E-state index >= 15 is 0 Å². The van der Waals surface area contributed by atoms with Gasteiger partial charge in [0.1, 0.15) is 29.8 Å². The number of fused-ring (bicyclic) bond motifs is 1. The molecule has 1 saturated heterocycles. The van der Waals surface area contributed by atoms with Gasteiger partial charge in [0.25, 0.3) is 0 Å². The number of rotatable bonds is 5. The standard InChI is InChI=1S/C27H33FN8O/c1-17-14-34(10-11-35(17)26(37)16-36-19(3)31-18(2)32-36)25-7-6-24(28)22-8-9-33(15-23(22)25)21-12-29-27(30-13-21)20-4-5-20/h6-7,12-13,17,20H,4-5,8-11,14-16H2,1-3H3. The Balaban J connectivity index is 1.18. The maximum absolute atomic E-state index is 14.9. The van der Waals surface area contributed by atoms with E-state index in [-0.39, 0.29) is 24.3 Å². The summed E-state index contributed by atoms with van der Waals surface area (Å²) in [6.07, 6.45) is 6.82. The lowest BCUT2D eigenvalue weighted by Crippen LogP contribution is -2.55. The Bertz CT molecular complexity index is 1320. The van der Waals surface area contributed by atoms with Gasteiger partial charge < -0.3 is 14.7 Å². The lowest BCUT2D eigenvalue weighted by Gasteiger charge is -2.43. The number of carbonyl (C=O) groups is 1. The van der Waals surface area contributed by atoms with Crippen molar-refractivity contribution in [3.8, 4) is 0 Å². The summed E-state index contributed by atoms with van der Waals surface area (Å²) in [6.45, 7) is 9.32. The zero-order chi connectivity index (χ0) is 25.7. The van der Waals surface area contributed by atoms with Gasteiger partial charge in [-0.1, -0.05) is 0 Å². The molecule has 3 aliphatic rings. The van der Waals surface area contributed by atoms with Crippen LogP contribution in [0.5, 0.6) is 0 Å². The van der Waals surface area contributed by atoms with Crippen molar-refractivity contribution in [3.05, 3.63) is 58.9 Å².